The third-order valence-electron chi connectivity index (χ3n) is 3.73. The molecule has 0 bridgehead atoms. The summed E-state index contributed by atoms with van der Waals surface area (Å²) in [6, 6.07) is 9.81. The van der Waals surface area contributed by atoms with Crippen molar-refractivity contribution in [2.75, 3.05) is 13.1 Å². The summed E-state index contributed by atoms with van der Waals surface area (Å²) in [4.78, 5) is 11.7. The largest absolute Gasteiger partial charge is 0.513 e. The number of hydrogen-bond acceptors (Lipinski definition) is 2. The molecule has 0 spiro atoms. The minimum atomic E-state index is -0.754. The molecule has 2 rings (SSSR count). The van der Waals surface area contributed by atoms with Crippen LogP contribution in [0.4, 0.5) is 4.79 Å². The van der Waals surface area contributed by atoms with E-state index in [1.165, 1.54) is 0 Å². The molecule has 0 radical (unpaired) electrons. The Balaban J connectivity index is 2.23. The fraction of sp³-hybridized carbons (Fsp3) is 0.500. The first-order valence-corrected chi connectivity index (χ1v) is 6.51. The number of likely N-dealkylation sites (tertiary alicyclic amines) is 1. The Bertz CT molecular complexity index is 408. The van der Waals surface area contributed by atoms with Gasteiger partial charge in [0.15, 0.2) is 0 Å². The number of rotatable bonds is 2. The summed E-state index contributed by atoms with van der Waals surface area (Å²) in [5, 5.41) is 9.61. The first-order chi connectivity index (χ1) is 8.62. The highest BCUT2D eigenvalue weighted by molar-refractivity contribution is 5.57. The van der Waals surface area contributed by atoms with E-state index < -0.39 is 6.09 Å². The maximum Gasteiger partial charge on any atom is 0.513 e. The van der Waals surface area contributed by atoms with Gasteiger partial charge in [0.2, 0.25) is 0 Å². The first kappa shape index (κ1) is 13.1. The van der Waals surface area contributed by atoms with E-state index in [-0.39, 0.29) is 10.5 Å². The second kappa shape index (κ2) is 5.50. The van der Waals surface area contributed by atoms with Crippen LogP contribution >= 0.6 is 0 Å². The maximum absolute atomic E-state index is 11.7. The van der Waals surface area contributed by atoms with Gasteiger partial charge < -0.3 is 10.8 Å². The summed E-state index contributed by atoms with van der Waals surface area (Å²) in [6.07, 6.45) is 2.15. The zero-order chi connectivity index (χ0) is 13.0. The molecule has 1 saturated heterocycles. The van der Waals surface area contributed by atoms with Crippen LogP contribution in [0.5, 0.6) is 0 Å². The quantitative estimate of drug-likeness (QED) is 0.790. The van der Waals surface area contributed by atoms with E-state index in [9.17, 15) is 9.90 Å². The van der Waals surface area contributed by atoms with E-state index >= 15 is 0 Å². The number of nitrogens with zero attached hydrogens (tertiary/aromatic N) is 1. The van der Waals surface area contributed by atoms with Gasteiger partial charge >= 0.3 is 6.09 Å². The lowest BCUT2D eigenvalue weighted by Gasteiger charge is -2.33. The van der Waals surface area contributed by atoms with Crippen LogP contribution in [0, 0.1) is 0 Å². The van der Waals surface area contributed by atoms with Gasteiger partial charge in [0.05, 0.1) is 12.6 Å². The highest BCUT2D eigenvalue weighted by Gasteiger charge is 2.39. The SMILES string of the molecule is N[C@H]1CCCC[N+](Cc2ccccc2)(C(=O)O)C1. The van der Waals surface area contributed by atoms with Gasteiger partial charge in [0, 0.05) is 5.56 Å². The Morgan fingerprint density at radius 1 is 1.33 bits per heavy atom. The van der Waals surface area contributed by atoms with Gasteiger partial charge in [-0.25, -0.2) is 4.48 Å². The Kier molecular flexibility index (Phi) is 3.99. The molecular formula is C14H21N2O2+. The van der Waals surface area contributed by atoms with E-state index in [1.54, 1.807) is 0 Å². The first-order valence-electron chi connectivity index (χ1n) is 6.51. The van der Waals surface area contributed by atoms with Crippen molar-refractivity contribution in [1.29, 1.82) is 0 Å². The minimum absolute atomic E-state index is 0.00712. The van der Waals surface area contributed by atoms with Crippen molar-refractivity contribution < 1.29 is 14.4 Å². The van der Waals surface area contributed by atoms with Crippen molar-refractivity contribution in [3.05, 3.63) is 35.9 Å². The smallest absolute Gasteiger partial charge is 0.435 e. The van der Waals surface area contributed by atoms with Crippen molar-refractivity contribution in [3.63, 3.8) is 0 Å². The van der Waals surface area contributed by atoms with Gasteiger partial charge in [-0.2, -0.15) is 4.79 Å². The van der Waals surface area contributed by atoms with Gasteiger partial charge in [-0.3, -0.25) is 0 Å². The molecule has 4 nitrogen and oxygen atoms in total. The second-order valence-electron chi connectivity index (χ2n) is 5.23. The molecule has 98 valence electrons. The Morgan fingerprint density at radius 2 is 2.06 bits per heavy atom. The normalized spacial score (nSPS) is 28.6. The lowest BCUT2D eigenvalue weighted by Crippen LogP contribution is -2.56. The Labute approximate surface area is 108 Å². The van der Waals surface area contributed by atoms with E-state index in [0.717, 1.165) is 24.8 Å². The van der Waals surface area contributed by atoms with Crippen molar-refractivity contribution in [1.82, 2.24) is 0 Å². The summed E-state index contributed by atoms with van der Waals surface area (Å²) < 4.78 is 0.0746. The van der Waals surface area contributed by atoms with Crippen molar-refractivity contribution in [2.24, 2.45) is 5.73 Å². The highest BCUT2D eigenvalue weighted by atomic mass is 16.4. The molecule has 1 aromatic rings. The van der Waals surface area contributed by atoms with Gasteiger partial charge in [0.1, 0.15) is 13.1 Å². The minimum Gasteiger partial charge on any atom is -0.435 e. The third kappa shape index (κ3) is 2.89. The summed E-state index contributed by atoms with van der Waals surface area (Å²) in [6.45, 7) is 1.74. The molecule has 1 fully saturated rings. The number of carbonyl (C=O) groups is 1. The predicted molar refractivity (Wildman–Crippen MR) is 70.0 cm³/mol. The highest BCUT2D eigenvalue weighted by Crippen LogP contribution is 2.22. The number of hydrogen-bond donors (Lipinski definition) is 2. The van der Waals surface area contributed by atoms with Gasteiger partial charge in [-0.05, 0) is 19.3 Å². The number of benzene rings is 1. The number of amides is 1. The topological polar surface area (TPSA) is 63.3 Å². The maximum atomic E-state index is 11.7. The molecule has 1 unspecified atom stereocenters. The van der Waals surface area contributed by atoms with Crippen LogP contribution in [0.1, 0.15) is 24.8 Å². The predicted octanol–water partition coefficient (Wildman–Crippen LogP) is 2.19. The van der Waals surface area contributed by atoms with Crippen LogP contribution in [-0.2, 0) is 6.54 Å². The van der Waals surface area contributed by atoms with Crippen molar-refractivity contribution in [3.8, 4) is 0 Å². The van der Waals surface area contributed by atoms with Crippen molar-refractivity contribution in [2.45, 2.75) is 31.8 Å². The van der Waals surface area contributed by atoms with Crippen LogP contribution in [0.25, 0.3) is 0 Å². The molecule has 2 atom stereocenters. The summed E-state index contributed by atoms with van der Waals surface area (Å²) in [5.41, 5.74) is 7.09. The molecule has 18 heavy (non-hydrogen) atoms. The van der Waals surface area contributed by atoms with Crippen LogP contribution in [0.15, 0.2) is 30.3 Å². The fourth-order valence-corrected chi connectivity index (χ4v) is 2.77. The van der Waals surface area contributed by atoms with Gasteiger partial charge in [0.25, 0.3) is 0 Å². The van der Waals surface area contributed by atoms with Crippen LogP contribution in [0.2, 0.25) is 0 Å². The summed E-state index contributed by atoms with van der Waals surface area (Å²) in [7, 11) is 0. The molecule has 1 amide bonds. The molecule has 0 aromatic heterocycles. The average molecular weight is 249 g/mol. The molecular weight excluding hydrogens is 228 g/mol. The average Bonchev–Trinajstić information content (AvgIpc) is 2.53. The Morgan fingerprint density at radius 3 is 2.72 bits per heavy atom. The molecule has 1 aromatic carbocycles. The van der Waals surface area contributed by atoms with E-state index in [1.807, 2.05) is 30.3 Å². The zero-order valence-electron chi connectivity index (χ0n) is 10.6. The summed E-state index contributed by atoms with van der Waals surface area (Å²) in [5.74, 6) is 0. The number of carboxylic acid groups (broad SMARTS) is 1. The monoisotopic (exact) mass is 249 g/mol. The molecule has 0 saturated carbocycles. The number of nitrogens with two attached hydrogens (primary N) is 1. The molecule has 3 N–H and O–H groups in total. The molecule has 0 aliphatic carbocycles. The zero-order valence-corrected chi connectivity index (χ0v) is 10.6. The Hall–Kier alpha value is -1.39. The fourth-order valence-electron chi connectivity index (χ4n) is 2.77. The van der Waals surface area contributed by atoms with Crippen LogP contribution < -0.4 is 5.73 Å². The lowest BCUT2D eigenvalue weighted by molar-refractivity contribution is -0.870. The molecule has 1 heterocycles. The molecule has 4 heteroatoms. The van der Waals surface area contributed by atoms with Gasteiger partial charge in [-0.15, -0.1) is 0 Å². The van der Waals surface area contributed by atoms with E-state index in [4.69, 9.17) is 5.73 Å². The second-order valence-corrected chi connectivity index (χ2v) is 5.23. The third-order valence-corrected chi connectivity index (χ3v) is 3.73. The standard InChI is InChI=1S/C14H20N2O2/c15-13-8-4-5-9-16(11-13,14(17)18)10-12-6-2-1-3-7-12/h1-3,6-7,13H,4-5,8-11,15H2/p+1/t13-,16?/m0/s1. The number of quaternary nitrogens is 1. The van der Waals surface area contributed by atoms with E-state index in [2.05, 4.69) is 0 Å². The molecule has 1 aliphatic heterocycles. The van der Waals surface area contributed by atoms with Crippen molar-refractivity contribution >= 4 is 6.09 Å². The van der Waals surface area contributed by atoms with Crippen LogP contribution in [0.3, 0.4) is 0 Å². The lowest BCUT2D eigenvalue weighted by atomic mass is 10.1. The molecule has 1 aliphatic rings. The summed E-state index contributed by atoms with van der Waals surface area (Å²) >= 11 is 0. The van der Waals surface area contributed by atoms with E-state index in [0.29, 0.717) is 19.6 Å². The van der Waals surface area contributed by atoms with Gasteiger partial charge in [-0.1, -0.05) is 30.3 Å². The van der Waals surface area contributed by atoms with Crippen LogP contribution in [-0.4, -0.2) is 34.8 Å².